The zero-order chi connectivity index (χ0) is 9.26. The highest BCUT2D eigenvalue weighted by Crippen LogP contribution is 2.27. The predicted octanol–water partition coefficient (Wildman–Crippen LogP) is 2.71. The average Bonchev–Trinajstić information content (AvgIpc) is 2.74. The molecular weight excluding hydrogens is 188 g/mol. The first kappa shape index (κ1) is 8.07. The molecule has 2 heterocycles. The number of hydrogen-bond acceptors (Lipinski definition) is 3. The van der Waals surface area contributed by atoms with Gasteiger partial charge < -0.3 is 9.52 Å². The Labute approximate surface area is 78.2 Å². The van der Waals surface area contributed by atoms with Gasteiger partial charge in [0.1, 0.15) is 0 Å². The van der Waals surface area contributed by atoms with Gasteiger partial charge in [0.15, 0.2) is 0 Å². The molecule has 0 aliphatic rings. The second kappa shape index (κ2) is 3.06. The van der Waals surface area contributed by atoms with Crippen molar-refractivity contribution < 1.29 is 14.3 Å². The normalized spacial score (nSPS) is 10.2. The fourth-order valence-electron chi connectivity index (χ4n) is 1.10. The van der Waals surface area contributed by atoms with Crippen molar-refractivity contribution in [1.29, 1.82) is 0 Å². The minimum atomic E-state index is -0.905. The van der Waals surface area contributed by atoms with Gasteiger partial charge in [0.25, 0.3) is 0 Å². The molecule has 0 aliphatic carbocycles. The molecule has 0 atom stereocenters. The molecule has 2 aromatic heterocycles. The Hall–Kier alpha value is -1.55. The zero-order valence-electron chi connectivity index (χ0n) is 6.56. The van der Waals surface area contributed by atoms with Gasteiger partial charge in [0, 0.05) is 16.5 Å². The van der Waals surface area contributed by atoms with Crippen molar-refractivity contribution in [3.63, 3.8) is 0 Å². The molecule has 0 aliphatic heterocycles. The van der Waals surface area contributed by atoms with Crippen molar-refractivity contribution >= 4 is 17.3 Å². The van der Waals surface area contributed by atoms with E-state index in [2.05, 4.69) is 0 Å². The monoisotopic (exact) mass is 194 g/mol. The maximum atomic E-state index is 10.8. The number of aromatic carboxylic acids is 1. The van der Waals surface area contributed by atoms with Crippen LogP contribution in [0.15, 0.2) is 33.8 Å². The summed E-state index contributed by atoms with van der Waals surface area (Å²) in [5, 5.41) is 12.2. The summed E-state index contributed by atoms with van der Waals surface area (Å²) >= 11 is 1.37. The summed E-state index contributed by atoms with van der Waals surface area (Å²) in [5.41, 5.74) is 1.84. The molecule has 66 valence electrons. The molecule has 0 bridgehead atoms. The molecular formula is C9H6O3S. The van der Waals surface area contributed by atoms with Crippen LogP contribution in [-0.4, -0.2) is 11.1 Å². The van der Waals surface area contributed by atoms with E-state index in [1.165, 1.54) is 23.9 Å². The van der Waals surface area contributed by atoms with Gasteiger partial charge in [-0.3, -0.25) is 0 Å². The fraction of sp³-hybridized carbons (Fsp3) is 0. The molecule has 2 rings (SSSR count). The lowest BCUT2D eigenvalue weighted by molar-refractivity contribution is 0.0698. The quantitative estimate of drug-likeness (QED) is 0.799. The van der Waals surface area contributed by atoms with E-state index >= 15 is 0 Å². The van der Waals surface area contributed by atoms with Gasteiger partial charge in [0.2, 0.25) is 0 Å². The van der Waals surface area contributed by atoms with Crippen LogP contribution in [0.2, 0.25) is 0 Å². The predicted molar refractivity (Wildman–Crippen MR) is 49.0 cm³/mol. The van der Waals surface area contributed by atoms with Crippen molar-refractivity contribution in [2.75, 3.05) is 0 Å². The highest BCUT2D eigenvalue weighted by Gasteiger charge is 2.12. The molecule has 1 N–H and O–H groups in total. The zero-order valence-corrected chi connectivity index (χ0v) is 7.38. The summed E-state index contributed by atoms with van der Waals surface area (Å²) in [6, 6.07) is 1.74. The van der Waals surface area contributed by atoms with E-state index in [1.54, 1.807) is 16.8 Å². The molecule has 0 spiro atoms. The molecule has 0 amide bonds. The summed E-state index contributed by atoms with van der Waals surface area (Å²) in [5.74, 6) is -0.905. The van der Waals surface area contributed by atoms with E-state index in [0.717, 1.165) is 5.56 Å². The first-order chi connectivity index (χ1) is 6.29. The van der Waals surface area contributed by atoms with Crippen molar-refractivity contribution in [2.45, 2.75) is 0 Å². The van der Waals surface area contributed by atoms with E-state index in [9.17, 15) is 4.79 Å². The summed E-state index contributed by atoms with van der Waals surface area (Å²) < 4.78 is 4.88. The molecule has 2 aromatic rings. The van der Waals surface area contributed by atoms with Crippen molar-refractivity contribution in [1.82, 2.24) is 0 Å². The van der Waals surface area contributed by atoms with Gasteiger partial charge in [-0.15, -0.1) is 0 Å². The van der Waals surface area contributed by atoms with Crippen LogP contribution < -0.4 is 0 Å². The Bertz CT molecular complexity index is 414. The van der Waals surface area contributed by atoms with Gasteiger partial charge in [-0.05, 0) is 11.4 Å². The highest BCUT2D eigenvalue weighted by molar-refractivity contribution is 7.08. The minimum absolute atomic E-state index is 0.325. The van der Waals surface area contributed by atoms with E-state index < -0.39 is 5.97 Å². The number of furan rings is 1. The van der Waals surface area contributed by atoms with Crippen LogP contribution in [-0.2, 0) is 0 Å². The maximum Gasteiger partial charge on any atom is 0.337 e. The van der Waals surface area contributed by atoms with Gasteiger partial charge in [0.05, 0.1) is 18.1 Å². The Balaban J connectivity index is 2.52. The van der Waals surface area contributed by atoms with Crippen molar-refractivity contribution in [3.8, 4) is 11.1 Å². The lowest BCUT2D eigenvalue weighted by Gasteiger charge is -1.93. The van der Waals surface area contributed by atoms with Crippen LogP contribution >= 0.6 is 11.3 Å². The van der Waals surface area contributed by atoms with Crippen LogP contribution in [0, 0.1) is 0 Å². The lowest BCUT2D eigenvalue weighted by Crippen LogP contribution is -1.94. The number of carbonyl (C=O) groups is 1. The van der Waals surface area contributed by atoms with Crippen LogP contribution in [0.1, 0.15) is 10.4 Å². The third-order valence-electron chi connectivity index (χ3n) is 1.72. The average molecular weight is 194 g/mol. The summed E-state index contributed by atoms with van der Waals surface area (Å²) in [4.78, 5) is 10.8. The molecule has 3 nitrogen and oxygen atoms in total. The van der Waals surface area contributed by atoms with E-state index in [-0.39, 0.29) is 0 Å². The second-order valence-electron chi connectivity index (χ2n) is 2.52. The van der Waals surface area contributed by atoms with Crippen LogP contribution in [0.3, 0.4) is 0 Å². The van der Waals surface area contributed by atoms with Crippen LogP contribution in [0.4, 0.5) is 0 Å². The van der Waals surface area contributed by atoms with Crippen molar-refractivity contribution in [2.24, 2.45) is 0 Å². The summed E-state index contributed by atoms with van der Waals surface area (Å²) in [6.07, 6.45) is 3.06. The molecule has 13 heavy (non-hydrogen) atoms. The Kier molecular flexibility index (Phi) is 1.90. The molecule has 4 heteroatoms. The van der Waals surface area contributed by atoms with E-state index in [1.807, 2.05) is 0 Å². The smallest absolute Gasteiger partial charge is 0.337 e. The largest absolute Gasteiger partial charge is 0.478 e. The lowest BCUT2D eigenvalue weighted by atomic mass is 10.1. The first-order valence-corrected chi connectivity index (χ1v) is 4.55. The molecule has 0 aromatic carbocycles. The molecule has 0 fully saturated rings. The Morgan fingerprint density at radius 2 is 2.31 bits per heavy atom. The number of thiophene rings is 1. The first-order valence-electron chi connectivity index (χ1n) is 3.61. The Morgan fingerprint density at radius 1 is 1.46 bits per heavy atom. The SMILES string of the molecule is O=C(O)c1cscc1-c1ccoc1. The molecule has 0 radical (unpaired) electrons. The van der Waals surface area contributed by atoms with Crippen molar-refractivity contribution in [3.05, 3.63) is 34.9 Å². The molecule has 0 saturated heterocycles. The number of carboxylic acids is 1. The van der Waals surface area contributed by atoms with E-state index in [0.29, 0.717) is 11.1 Å². The second-order valence-corrected chi connectivity index (χ2v) is 3.26. The topological polar surface area (TPSA) is 50.4 Å². The highest BCUT2D eigenvalue weighted by atomic mass is 32.1. The Morgan fingerprint density at radius 3 is 2.92 bits per heavy atom. The fourth-order valence-corrected chi connectivity index (χ4v) is 1.93. The number of rotatable bonds is 2. The number of carboxylic acid groups (broad SMARTS) is 1. The van der Waals surface area contributed by atoms with Gasteiger partial charge in [-0.1, -0.05) is 0 Å². The van der Waals surface area contributed by atoms with Gasteiger partial charge in [-0.25, -0.2) is 4.79 Å². The summed E-state index contributed by atoms with van der Waals surface area (Å²) in [6.45, 7) is 0. The van der Waals surface area contributed by atoms with Crippen LogP contribution in [0.25, 0.3) is 11.1 Å². The standard InChI is InChI=1S/C9H6O3S/c10-9(11)8-5-13-4-7(8)6-1-2-12-3-6/h1-5H,(H,10,11). The van der Waals surface area contributed by atoms with Gasteiger partial charge in [-0.2, -0.15) is 11.3 Å². The third-order valence-corrected chi connectivity index (χ3v) is 2.47. The molecule has 0 saturated carbocycles. The van der Waals surface area contributed by atoms with E-state index in [4.69, 9.17) is 9.52 Å². The minimum Gasteiger partial charge on any atom is -0.478 e. The number of hydrogen-bond donors (Lipinski definition) is 1. The third kappa shape index (κ3) is 1.36. The summed E-state index contributed by atoms with van der Waals surface area (Å²) in [7, 11) is 0. The van der Waals surface area contributed by atoms with Crippen LogP contribution in [0.5, 0.6) is 0 Å². The molecule has 0 unspecified atom stereocenters. The maximum absolute atomic E-state index is 10.8. The van der Waals surface area contributed by atoms with Gasteiger partial charge >= 0.3 is 5.97 Å².